The number of anilines is 1. The highest BCUT2D eigenvalue weighted by Crippen LogP contribution is 2.21. The van der Waals surface area contributed by atoms with Gasteiger partial charge in [-0.3, -0.25) is 14.4 Å². The Morgan fingerprint density at radius 1 is 1.07 bits per heavy atom. The lowest BCUT2D eigenvalue weighted by Crippen LogP contribution is -2.38. The Hall–Kier alpha value is -2.42. The first-order valence-corrected chi connectivity index (χ1v) is 11.6. The van der Waals surface area contributed by atoms with Gasteiger partial charge in [0.25, 0.3) is 15.9 Å². The second-order valence-electron chi connectivity index (χ2n) is 7.52. The van der Waals surface area contributed by atoms with Gasteiger partial charge in [0.2, 0.25) is 0 Å². The first-order valence-electron chi connectivity index (χ1n) is 10.1. The molecule has 0 aliphatic carbocycles. The molecule has 1 amide bonds. The smallest absolute Gasteiger partial charge is 0.262 e. The molecule has 0 aromatic heterocycles. The molecule has 1 aliphatic heterocycles. The van der Waals surface area contributed by atoms with E-state index in [1.165, 1.54) is 6.07 Å². The molecule has 3 rings (SSSR count). The molecule has 0 unspecified atom stereocenters. The lowest BCUT2D eigenvalue weighted by atomic mass is 10.1. The normalized spacial score (nSPS) is 15.0. The number of morpholine rings is 1. The third-order valence-electron chi connectivity index (χ3n) is 5.08. The zero-order valence-electron chi connectivity index (χ0n) is 17.5. The summed E-state index contributed by atoms with van der Waals surface area (Å²) in [6.07, 6.45) is 0.831. The minimum absolute atomic E-state index is 0.101. The summed E-state index contributed by atoms with van der Waals surface area (Å²) >= 11 is 0. The third-order valence-corrected chi connectivity index (χ3v) is 6.61. The molecule has 30 heavy (non-hydrogen) atoms. The van der Waals surface area contributed by atoms with Crippen LogP contribution in [0.25, 0.3) is 0 Å². The van der Waals surface area contributed by atoms with Gasteiger partial charge in [-0.15, -0.1) is 0 Å². The Morgan fingerprint density at radius 3 is 2.47 bits per heavy atom. The number of hydrogen-bond donors (Lipinski definition) is 2. The third kappa shape index (κ3) is 6.04. The van der Waals surface area contributed by atoms with Crippen LogP contribution in [0.2, 0.25) is 0 Å². The number of sulfonamides is 1. The van der Waals surface area contributed by atoms with Crippen LogP contribution in [0.1, 0.15) is 27.9 Å². The highest BCUT2D eigenvalue weighted by molar-refractivity contribution is 7.92. The minimum atomic E-state index is -3.80. The van der Waals surface area contributed by atoms with Gasteiger partial charge < -0.3 is 10.1 Å². The van der Waals surface area contributed by atoms with Crippen molar-refractivity contribution in [2.75, 3.05) is 44.1 Å². The molecule has 8 heteroatoms. The minimum Gasteiger partial charge on any atom is -0.379 e. The van der Waals surface area contributed by atoms with Crippen LogP contribution in [0, 0.1) is 13.8 Å². The Bertz CT molecular complexity index is 968. The van der Waals surface area contributed by atoms with E-state index in [9.17, 15) is 13.2 Å². The quantitative estimate of drug-likeness (QED) is 0.627. The van der Waals surface area contributed by atoms with E-state index in [2.05, 4.69) is 14.9 Å². The molecule has 2 aromatic carbocycles. The van der Waals surface area contributed by atoms with Crippen molar-refractivity contribution in [3.63, 3.8) is 0 Å². The van der Waals surface area contributed by atoms with Crippen LogP contribution in [0.4, 0.5) is 5.69 Å². The number of carbonyl (C=O) groups excluding carboxylic acids is 1. The first-order chi connectivity index (χ1) is 14.3. The molecule has 0 radical (unpaired) electrons. The van der Waals surface area contributed by atoms with Gasteiger partial charge in [0.05, 0.1) is 18.1 Å². The average Bonchev–Trinajstić information content (AvgIpc) is 2.73. The molecule has 1 saturated heterocycles. The number of nitrogens with one attached hydrogen (secondary N) is 2. The summed E-state index contributed by atoms with van der Waals surface area (Å²) in [6, 6.07) is 11.9. The molecule has 7 nitrogen and oxygen atoms in total. The fourth-order valence-electron chi connectivity index (χ4n) is 3.29. The van der Waals surface area contributed by atoms with Crippen molar-refractivity contribution in [3.8, 4) is 0 Å². The molecule has 0 spiro atoms. The van der Waals surface area contributed by atoms with Crippen LogP contribution in [-0.2, 0) is 14.8 Å². The van der Waals surface area contributed by atoms with E-state index >= 15 is 0 Å². The van der Waals surface area contributed by atoms with E-state index in [0.29, 0.717) is 23.4 Å². The molecule has 162 valence electrons. The molecule has 2 N–H and O–H groups in total. The fraction of sp³-hybridized carbons (Fsp3) is 0.409. The molecule has 0 bridgehead atoms. The summed E-state index contributed by atoms with van der Waals surface area (Å²) in [4.78, 5) is 14.9. The summed E-state index contributed by atoms with van der Waals surface area (Å²) in [5.74, 6) is -0.274. The number of hydrogen-bond acceptors (Lipinski definition) is 5. The number of nitrogens with zero attached hydrogens (tertiary/aromatic N) is 1. The molecule has 0 atom stereocenters. The Labute approximate surface area is 178 Å². The van der Waals surface area contributed by atoms with Gasteiger partial charge in [-0.25, -0.2) is 8.42 Å². The van der Waals surface area contributed by atoms with E-state index in [0.717, 1.165) is 44.8 Å². The summed E-state index contributed by atoms with van der Waals surface area (Å²) in [7, 11) is -3.80. The van der Waals surface area contributed by atoms with Gasteiger partial charge in [0.15, 0.2) is 0 Å². The number of benzene rings is 2. The van der Waals surface area contributed by atoms with Crippen LogP contribution in [-0.4, -0.2) is 58.6 Å². The molecule has 1 aliphatic rings. The maximum atomic E-state index is 12.9. The second kappa shape index (κ2) is 10.1. The molecular weight excluding hydrogens is 402 g/mol. The summed E-state index contributed by atoms with van der Waals surface area (Å²) in [5, 5.41) is 2.88. The number of rotatable bonds is 8. The van der Waals surface area contributed by atoms with Gasteiger partial charge in [-0.2, -0.15) is 0 Å². The van der Waals surface area contributed by atoms with Crippen molar-refractivity contribution in [1.29, 1.82) is 0 Å². The SMILES string of the molecule is Cc1ccc(NS(=O)(=O)c2cc(C(=O)NCCCN3CCOCC3)ccc2C)cc1. The van der Waals surface area contributed by atoms with E-state index in [1.54, 1.807) is 31.2 Å². The molecular formula is C22H29N3O4S. The highest BCUT2D eigenvalue weighted by atomic mass is 32.2. The van der Waals surface area contributed by atoms with E-state index in [-0.39, 0.29) is 10.8 Å². The predicted octanol–water partition coefficient (Wildman–Crippen LogP) is 2.56. The van der Waals surface area contributed by atoms with Crippen molar-refractivity contribution >= 4 is 21.6 Å². The molecule has 2 aromatic rings. The standard InChI is InChI=1S/C22H29N3O4S/c1-17-4-8-20(9-5-17)24-30(27,28)21-16-19(7-6-18(21)2)22(26)23-10-3-11-25-12-14-29-15-13-25/h4-9,16,24H,3,10-15H2,1-2H3,(H,23,26). The topological polar surface area (TPSA) is 87.7 Å². The highest BCUT2D eigenvalue weighted by Gasteiger charge is 2.19. The van der Waals surface area contributed by atoms with Gasteiger partial charge in [-0.1, -0.05) is 23.8 Å². The van der Waals surface area contributed by atoms with Crippen LogP contribution >= 0.6 is 0 Å². The van der Waals surface area contributed by atoms with Gasteiger partial charge in [-0.05, 0) is 56.6 Å². The Balaban J connectivity index is 1.61. The maximum Gasteiger partial charge on any atom is 0.262 e. The number of amides is 1. The van der Waals surface area contributed by atoms with Gasteiger partial charge in [0, 0.05) is 30.9 Å². The van der Waals surface area contributed by atoms with Crippen LogP contribution in [0.15, 0.2) is 47.4 Å². The lowest BCUT2D eigenvalue weighted by molar-refractivity contribution is 0.0374. The van der Waals surface area contributed by atoms with Crippen molar-refractivity contribution < 1.29 is 17.9 Å². The van der Waals surface area contributed by atoms with Crippen molar-refractivity contribution in [2.45, 2.75) is 25.2 Å². The van der Waals surface area contributed by atoms with Crippen LogP contribution in [0.5, 0.6) is 0 Å². The summed E-state index contributed by atoms with van der Waals surface area (Å²) in [6.45, 7) is 8.43. The van der Waals surface area contributed by atoms with E-state index < -0.39 is 10.0 Å². The number of ether oxygens (including phenoxy) is 1. The number of aryl methyl sites for hydroxylation is 2. The fourth-order valence-corrected chi connectivity index (χ4v) is 4.62. The van der Waals surface area contributed by atoms with Crippen molar-refractivity contribution in [3.05, 3.63) is 59.2 Å². The van der Waals surface area contributed by atoms with Crippen molar-refractivity contribution in [2.24, 2.45) is 0 Å². The molecule has 0 saturated carbocycles. The zero-order valence-corrected chi connectivity index (χ0v) is 18.3. The maximum absolute atomic E-state index is 12.9. The van der Waals surface area contributed by atoms with Crippen LogP contribution < -0.4 is 10.0 Å². The van der Waals surface area contributed by atoms with Gasteiger partial charge >= 0.3 is 0 Å². The number of carbonyl (C=O) groups is 1. The van der Waals surface area contributed by atoms with E-state index in [4.69, 9.17) is 4.74 Å². The zero-order chi connectivity index (χ0) is 21.6. The predicted molar refractivity (Wildman–Crippen MR) is 117 cm³/mol. The summed E-state index contributed by atoms with van der Waals surface area (Å²) in [5.41, 5.74) is 2.44. The summed E-state index contributed by atoms with van der Waals surface area (Å²) < 4.78 is 33.6. The Morgan fingerprint density at radius 2 is 1.77 bits per heavy atom. The monoisotopic (exact) mass is 431 g/mol. The van der Waals surface area contributed by atoms with Gasteiger partial charge in [0.1, 0.15) is 0 Å². The Kier molecular flexibility index (Phi) is 7.47. The first kappa shape index (κ1) is 22.3. The second-order valence-corrected chi connectivity index (χ2v) is 9.17. The largest absolute Gasteiger partial charge is 0.379 e. The van der Waals surface area contributed by atoms with E-state index in [1.807, 2.05) is 19.1 Å². The molecule has 1 heterocycles. The molecule has 1 fully saturated rings. The average molecular weight is 432 g/mol. The van der Waals surface area contributed by atoms with Crippen molar-refractivity contribution in [1.82, 2.24) is 10.2 Å². The lowest BCUT2D eigenvalue weighted by Gasteiger charge is -2.26. The van der Waals surface area contributed by atoms with Crippen LogP contribution in [0.3, 0.4) is 0 Å².